The van der Waals surface area contributed by atoms with E-state index in [1.807, 2.05) is 32.0 Å². The normalized spacial score (nSPS) is 10.5. The lowest BCUT2D eigenvalue weighted by molar-refractivity contribution is 0.0936. The molecule has 0 aliphatic heterocycles. The van der Waals surface area contributed by atoms with E-state index in [4.69, 9.17) is 21.1 Å². The minimum absolute atomic E-state index is 0.0211. The van der Waals surface area contributed by atoms with Gasteiger partial charge in [-0.3, -0.25) is 9.59 Å². The van der Waals surface area contributed by atoms with Crippen molar-refractivity contribution in [1.29, 1.82) is 0 Å². The third-order valence-electron chi connectivity index (χ3n) is 4.60. The first-order valence-corrected chi connectivity index (χ1v) is 10.2. The minimum Gasteiger partial charge on any atom is -0.423 e. The van der Waals surface area contributed by atoms with E-state index in [-0.39, 0.29) is 34.2 Å². The Balaban J connectivity index is 1.65. The molecule has 8 nitrogen and oxygen atoms in total. The Kier molecular flexibility index (Phi) is 7.75. The van der Waals surface area contributed by atoms with E-state index in [9.17, 15) is 9.59 Å². The van der Waals surface area contributed by atoms with Crippen LogP contribution in [-0.2, 0) is 4.74 Å². The lowest BCUT2D eigenvalue weighted by atomic mass is 10.1. The van der Waals surface area contributed by atoms with Gasteiger partial charge in [-0.15, -0.1) is 0 Å². The van der Waals surface area contributed by atoms with Gasteiger partial charge >= 0.3 is 6.01 Å². The van der Waals surface area contributed by atoms with Crippen molar-refractivity contribution in [2.24, 2.45) is 0 Å². The molecular formula is C23H23ClN4O4. The van der Waals surface area contributed by atoms with Gasteiger partial charge in [0.25, 0.3) is 11.8 Å². The van der Waals surface area contributed by atoms with Crippen LogP contribution in [0.15, 0.2) is 48.8 Å². The van der Waals surface area contributed by atoms with Gasteiger partial charge in [-0.1, -0.05) is 29.8 Å². The summed E-state index contributed by atoms with van der Waals surface area (Å²) in [7, 11) is 1.56. The molecule has 166 valence electrons. The highest BCUT2D eigenvalue weighted by Gasteiger charge is 2.13. The number of halogens is 1. The number of amides is 2. The van der Waals surface area contributed by atoms with Gasteiger partial charge in [-0.25, -0.2) is 9.97 Å². The molecule has 0 radical (unpaired) electrons. The lowest BCUT2D eigenvalue weighted by Crippen LogP contribution is -2.26. The summed E-state index contributed by atoms with van der Waals surface area (Å²) in [5.41, 5.74) is 3.36. The number of rotatable bonds is 8. The van der Waals surface area contributed by atoms with Gasteiger partial charge in [0.15, 0.2) is 0 Å². The van der Waals surface area contributed by atoms with Crippen LogP contribution in [0.5, 0.6) is 11.8 Å². The Morgan fingerprint density at radius 1 is 1.00 bits per heavy atom. The average Bonchev–Trinajstić information content (AvgIpc) is 2.78. The number of aryl methyl sites for hydroxylation is 2. The van der Waals surface area contributed by atoms with Gasteiger partial charge in [0, 0.05) is 37.3 Å². The number of anilines is 1. The molecule has 0 aliphatic rings. The van der Waals surface area contributed by atoms with E-state index in [1.165, 1.54) is 18.5 Å². The molecule has 0 atom stereocenters. The first-order valence-electron chi connectivity index (χ1n) is 9.83. The highest BCUT2D eigenvalue weighted by Crippen LogP contribution is 2.28. The zero-order chi connectivity index (χ0) is 23.1. The zero-order valence-electron chi connectivity index (χ0n) is 17.9. The molecular weight excluding hydrogens is 432 g/mol. The van der Waals surface area contributed by atoms with E-state index >= 15 is 0 Å². The fraction of sp³-hybridized carbons (Fsp3) is 0.217. The van der Waals surface area contributed by atoms with Crippen LogP contribution in [-0.4, -0.2) is 42.0 Å². The third-order valence-corrected chi connectivity index (χ3v) is 4.89. The Morgan fingerprint density at radius 2 is 1.69 bits per heavy atom. The summed E-state index contributed by atoms with van der Waals surface area (Å²) in [6, 6.07) is 10.4. The Hall–Kier alpha value is -3.49. The van der Waals surface area contributed by atoms with Gasteiger partial charge < -0.3 is 20.1 Å². The van der Waals surface area contributed by atoms with Gasteiger partial charge in [0.2, 0.25) is 0 Å². The van der Waals surface area contributed by atoms with Crippen LogP contribution in [0.2, 0.25) is 5.02 Å². The fourth-order valence-corrected chi connectivity index (χ4v) is 3.09. The van der Waals surface area contributed by atoms with Crippen molar-refractivity contribution in [3.63, 3.8) is 0 Å². The highest BCUT2D eigenvalue weighted by atomic mass is 35.5. The fourth-order valence-electron chi connectivity index (χ4n) is 2.88. The van der Waals surface area contributed by atoms with Gasteiger partial charge in [-0.2, -0.15) is 0 Å². The number of carbonyl (C=O) groups excluding carboxylic acids is 2. The van der Waals surface area contributed by atoms with Crippen molar-refractivity contribution in [2.45, 2.75) is 13.8 Å². The van der Waals surface area contributed by atoms with Gasteiger partial charge in [0.05, 0.1) is 17.2 Å². The average molecular weight is 455 g/mol. The monoisotopic (exact) mass is 454 g/mol. The minimum atomic E-state index is -0.323. The van der Waals surface area contributed by atoms with Crippen molar-refractivity contribution in [3.8, 4) is 11.8 Å². The number of ether oxygens (including phenoxy) is 2. The van der Waals surface area contributed by atoms with Crippen LogP contribution in [0.4, 0.5) is 5.69 Å². The van der Waals surface area contributed by atoms with Crippen molar-refractivity contribution in [2.75, 3.05) is 25.6 Å². The SMILES string of the molecule is COCCNC(=O)c1ccc(Oc2ncc(C(=O)Nc3c(C)cccc3C)cn2)c(Cl)c1. The summed E-state index contributed by atoms with van der Waals surface area (Å²) < 4.78 is 10.5. The quantitative estimate of drug-likeness (QED) is 0.495. The molecule has 0 spiro atoms. The summed E-state index contributed by atoms with van der Waals surface area (Å²) in [5.74, 6) is -0.310. The number of benzene rings is 2. The van der Waals surface area contributed by atoms with Crippen LogP contribution in [0.3, 0.4) is 0 Å². The number of hydrogen-bond donors (Lipinski definition) is 2. The van der Waals surface area contributed by atoms with Crippen LogP contribution in [0.1, 0.15) is 31.8 Å². The van der Waals surface area contributed by atoms with E-state index in [0.717, 1.165) is 16.8 Å². The molecule has 1 aromatic heterocycles. The smallest absolute Gasteiger partial charge is 0.321 e. The maximum absolute atomic E-state index is 12.5. The second-order valence-corrected chi connectivity index (χ2v) is 7.38. The molecule has 0 fully saturated rings. The van der Waals surface area contributed by atoms with Crippen LogP contribution in [0, 0.1) is 13.8 Å². The number of hydrogen-bond acceptors (Lipinski definition) is 6. The van der Waals surface area contributed by atoms with Crippen molar-refractivity contribution in [3.05, 3.63) is 76.1 Å². The molecule has 9 heteroatoms. The molecule has 0 saturated heterocycles. The number of carbonyl (C=O) groups is 2. The molecule has 0 aliphatic carbocycles. The third kappa shape index (κ3) is 5.81. The van der Waals surface area contributed by atoms with Crippen molar-refractivity contribution >= 4 is 29.1 Å². The highest BCUT2D eigenvalue weighted by molar-refractivity contribution is 6.32. The Bertz CT molecular complexity index is 1100. The number of methoxy groups -OCH3 is 1. The van der Waals surface area contributed by atoms with E-state index < -0.39 is 0 Å². The molecule has 2 amide bonds. The lowest BCUT2D eigenvalue weighted by Gasteiger charge is -2.11. The molecule has 3 rings (SSSR count). The van der Waals surface area contributed by atoms with E-state index in [2.05, 4.69) is 20.6 Å². The van der Waals surface area contributed by atoms with Crippen LogP contribution < -0.4 is 15.4 Å². The first-order chi connectivity index (χ1) is 15.4. The summed E-state index contributed by atoms with van der Waals surface area (Å²) in [4.78, 5) is 32.8. The summed E-state index contributed by atoms with van der Waals surface area (Å²) in [6.07, 6.45) is 2.74. The predicted molar refractivity (Wildman–Crippen MR) is 122 cm³/mol. The van der Waals surface area contributed by atoms with Crippen LogP contribution in [0.25, 0.3) is 0 Å². The van der Waals surface area contributed by atoms with E-state index in [0.29, 0.717) is 18.7 Å². The molecule has 1 heterocycles. The molecule has 0 bridgehead atoms. The van der Waals surface area contributed by atoms with Crippen molar-refractivity contribution in [1.82, 2.24) is 15.3 Å². The Labute approximate surface area is 190 Å². The molecule has 32 heavy (non-hydrogen) atoms. The second kappa shape index (κ2) is 10.7. The predicted octanol–water partition coefficient (Wildman–Crippen LogP) is 4.17. The van der Waals surface area contributed by atoms with Crippen molar-refractivity contribution < 1.29 is 19.1 Å². The second-order valence-electron chi connectivity index (χ2n) is 6.97. The maximum atomic E-state index is 12.5. The molecule has 3 aromatic rings. The summed E-state index contributed by atoms with van der Waals surface area (Å²) >= 11 is 6.24. The topological polar surface area (TPSA) is 102 Å². The number of aromatic nitrogens is 2. The standard InChI is InChI=1S/C23H23ClN4O4/c1-14-5-4-6-15(2)20(14)28-22(30)17-12-26-23(27-13-17)32-19-8-7-16(11-18(19)24)21(29)25-9-10-31-3/h4-8,11-13H,9-10H2,1-3H3,(H,25,29)(H,28,30). The molecule has 2 aromatic carbocycles. The maximum Gasteiger partial charge on any atom is 0.321 e. The van der Waals surface area contributed by atoms with Crippen LogP contribution >= 0.6 is 11.6 Å². The molecule has 2 N–H and O–H groups in total. The number of nitrogens with zero attached hydrogens (tertiary/aromatic N) is 2. The van der Waals surface area contributed by atoms with Gasteiger partial charge in [-0.05, 0) is 43.2 Å². The molecule has 0 unspecified atom stereocenters. The molecule has 0 saturated carbocycles. The number of nitrogens with one attached hydrogen (secondary N) is 2. The largest absolute Gasteiger partial charge is 0.423 e. The summed E-state index contributed by atoms with van der Waals surface area (Å²) in [5, 5.41) is 5.82. The Morgan fingerprint density at radius 3 is 2.31 bits per heavy atom. The van der Waals surface area contributed by atoms with E-state index in [1.54, 1.807) is 19.2 Å². The zero-order valence-corrected chi connectivity index (χ0v) is 18.7. The van der Waals surface area contributed by atoms with Gasteiger partial charge in [0.1, 0.15) is 5.75 Å². The first kappa shape index (κ1) is 23.2. The summed E-state index contributed by atoms with van der Waals surface area (Å²) in [6.45, 7) is 4.65. The number of para-hydroxylation sites is 1.